The summed E-state index contributed by atoms with van der Waals surface area (Å²) in [5.41, 5.74) is 1.78. The van der Waals surface area contributed by atoms with Crippen molar-refractivity contribution in [3.63, 3.8) is 0 Å². The second kappa shape index (κ2) is 12.7. The number of hydrogen-bond acceptors (Lipinski definition) is 5. The first kappa shape index (κ1) is 30.6. The number of fused-ring (bicyclic) bond motifs is 1. The highest BCUT2D eigenvalue weighted by Gasteiger charge is 2.30. The minimum Gasteiger partial charge on any atom is -0.497 e. The van der Waals surface area contributed by atoms with Crippen molar-refractivity contribution in [2.75, 3.05) is 45.8 Å². The maximum atomic E-state index is 15.4. The molecule has 2 amide bonds. The number of anilines is 1. The number of ether oxygens (including phenoxy) is 2. The van der Waals surface area contributed by atoms with Crippen LogP contribution in [-0.2, 0) is 17.9 Å². The maximum Gasteiger partial charge on any atom is 0.322 e. The summed E-state index contributed by atoms with van der Waals surface area (Å²) in [6, 6.07) is 7.07. The summed E-state index contributed by atoms with van der Waals surface area (Å²) in [4.78, 5) is 16.7. The molecule has 1 aliphatic heterocycles. The van der Waals surface area contributed by atoms with E-state index in [0.717, 1.165) is 10.7 Å². The normalized spacial score (nSPS) is 14.0. The summed E-state index contributed by atoms with van der Waals surface area (Å²) < 4.78 is 56.6. The van der Waals surface area contributed by atoms with Crippen molar-refractivity contribution in [3.8, 4) is 16.9 Å². The van der Waals surface area contributed by atoms with Gasteiger partial charge in [-0.25, -0.2) is 18.3 Å². The van der Waals surface area contributed by atoms with Crippen molar-refractivity contribution in [2.24, 2.45) is 0 Å². The Morgan fingerprint density at radius 2 is 1.88 bits per heavy atom. The smallest absolute Gasteiger partial charge is 0.322 e. The SMILES string of the molecule is COc1cc(F)cc(C(CN(C)C)NC(=O)N2CCc3cc(-c4cnn(COCC[Si](C)(C)C)c4F)c(F)cc32)c1. The molecule has 222 valence electrons. The van der Waals surface area contributed by atoms with E-state index in [1.165, 1.54) is 36.4 Å². The van der Waals surface area contributed by atoms with Gasteiger partial charge in [-0.05, 0) is 62.0 Å². The van der Waals surface area contributed by atoms with E-state index in [1.54, 1.807) is 12.1 Å². The molecule has 41 heavy (non-hydrogen) atoms. The van der Waals surface area contributed by atoms with Crippen molar-refractivity contribution in [3.05, 3.63) is 65.2 Å². The number of nitrogens with one attached hydrogen (secondary N) is 1. The molecule has 2 heterocycles. The highest BCUT2D eigenvalue weighted by Crippen LogP contribution is 2.36. The molecule has 0 fully saturated rings. The molecule has 2 aromatic carbocycles. The van der Waals surface area contributed by atoms with Gasteiger partial charge in [0.2, 0.25) is 5.95 Å². The zero-order valence-electron chi connectivity index (χ0n) is 24.4. The van der Waals surface area contributed by atoms with Crippen LogP contribution in [0, 0.1) is 17.6 Å². The molecule has 4 rings (SSSR count). The quantitative estimate of drug-likeness (QED) is 0.231. The van der Waals surface area contributed by atoms with Crippen LogP contribution in [0.3, 0.4) is 0 Å². The number of rotatable bonds is 11. The first-order valence-corrected chi connectivity index (χ1v) is 17.3. The van der Waals surface area contributed by atoms with Gasteiger partial charge in [0.05, 0.1) is 30.6 Å². The van der Waals surface area contributed by atoms with Crippen molar-refractivity contribution in [1.82, 2.24) is 20.0 Å². The van der Waals surface area contributed by atoms with Gasteiger partial charge in [0, 0.05) is 39.4 Å². The fourth-order valence-corrected chi connectivity index (χ4v) is 5.49. The summed E-state index contributed by atoms with van der Waals surface area (Å²) in [6.07, 6.45) is 1.76. The largest absolute Gasteiger partial charge is 0.497 e. The Morgan fingerprint density at radius 3 is 2.56 bits per heavy atom. The number of nitrogens with zero attached hydrogens (tertiary/aromatic N) is 4. The lowest BCUT2D eigenvalue weighted by molar-refractivity contribution is 0.0700. The van der Waals surface area contributed by atoms with Crippen molar-refractivity contribution in [1.29, 1.82) is 0 Å². The van der Waals surface area contributed by atoms with E-state index in [0.29, 0.717) is 48.7 Å². The van der Waals surface area contributed by atoms with E-state index < -0.39 is 37.7 Å². The first-order chi connectivity index (χ1) is 19.4. The Balaban J connectivity index is 1.51. The molecule has 0 bridgehead atoms. The molecule has 1 N–H and O–H groups in total. The molecule has 1 aliphatic rings. The third-order valence-electron chi connectivity index (χ3n) is 6.96. The molecule has 0 radical (unpaired) electrons. The fourth-order valence-electron chi connectivity index (χ4n) is 4.73. The number of hydrogen-bond donors (Lipinski definition) is 1. The fraction of sp³-hybridized carbons (Fsp3) is 0.448. The lowest BCUT2D eigenvalue weighted by atomic mass is 10.0. The summed E-state index contributed by atoms with van der Waals surface area (Å²) in [5, 5.41) is 7.01. The number of likely N-dealkylation sites (N-methyl/N-ethyl adjacent to an activating group) is 1. The van der Waals surface area contributed by atoms with E-state index in [2.05, 4.69) is 30.1 Å². The molecular weight excluding hydrogens is 551 g/mol. The van der Waals surface area contributed by atoms with Crippen molar-refractivity contribution in [2.45, 2.75) is 44.9 Å². The minimum atomic E-state index is -1.28. The molecule has 1 unspecified atom stereocenters. The molecule has 0 saturated carbocycles. The number of benzene rings is 2. The standard InChI is InChI=1S/C29H38F3N5O3Si/c1-35(2)17-26(20-11-21(30)14-22(12-20)39-3)34-29(38)36-8-7-19-13-23(25(31)15-27(19)36)24-16-33-37(28(24)32)18-40-9-10-41(4,5)6/h11-16,26H,7-10,17-18H2,1-6H3,(H,34,38). The zero-order valence-corrected chi connectivity index (χ0v) is 25.4. The van der Waals surface area contributed by atoms with E-state index in [9.17, 15) is 9.18 Å². The van der Waals surface area contributed by atoms with Crippen molar-refractivity contribution >= 4 is 19.8 Å². The Labute approximate surface area is 240 Å². The van der Waals surface area contributed by atoms with Gasteiger partial charge in [-0.2, -0.15) is 9.49 Å². The Morgan fingerprint density at radius 1 is 1.12 bits per heavy atom. The maximum absolute atomic E-state index is 15.4. The molecule has 1 aromatic heterocycles. The van der Waals surface area contributed by atoms with Crippen molar-refractivity contribution < 1.29 is 27.4 Å². The molecule has 0 aliphatic carbocycles. The molecule has 0 saturated heterocycles. The molecule has 8 nitrogen and oxygen atoms in total. The Bertz CT molecular complexity index is 1390. The van der Waals surface area contributed by atoms with Crippen LogP contribution < -0.4 is 15.0 Å². The number of amides is 2. The topological polar surface area (TPSA) is 71.9 Å². The number of aromatic nitrogens is 2. The monoisotopic (exact) mass is 589 g/mol. The van der Waals surface area contributed by atoms with Crippen LogP contribution in [0.4, 0.5) is 23.7 Å². The highest BCUT2D eigenvalue weighted by atomic mass is 28.3. The van der Waals surface area contributed by atoms with Crippen LogP contribution >= 0.6 is 0 Å². The average molecular weight is 590 g/mol. The van der Waals surface area contributed by atoms with Gasteiger partial charge in [-0.15, -0.1) is 0 Å². The van der Waals surface area contributed by atoms with Gasteiger partial charge in [-0.3, -0.25) is 4.90 Å². The van der Waals surface area contributed by atoms with Crippen LogP contribution in [0.1, 0.15) is 17.2 Å². The Kier molecular flexibility index (Phi) is 9.45. The number of carbonyl (C=O) groups excluding carboxylic acids is 1. The molecule has 0 spiro atoms. The lowest BCUT2D eigenvalue weighted by Gasteiger charge is -2.26. The van der Waals surface area contributed by atoms with Gasteiger partial charge < -0.3 is 19.7 Å². The molecule has 1 atom stereocenters. The predicted molar refractivity (Wildman–Crippen MR) is 156 cm³/mol. The van der Waals surface area contributed by atoms with E-state index in [1.807, 2.05) is 19.0 Å². The lowest BCUT2D eigenvalue weighted by Crippen LogP contribution is -2.43. The third kappa shape index (κ3) is 7.49. The van der Waals surface area contributed by atoms with E-state index in [-0.39, 0.29) is 17.9 Å². The van der Waals surface area contributed by atoms with Gasteiger partial charge in [0.25, 0.3) is 0 Å². The number of halogens is 3. The predicted octanol–water partition coefficient (Wildman–Crippen LogP) is 5.66. The molecule has 12 heteroatoms. The summed E-state index contributed by atoms with van der Waals surface area (Å²) in [6.45, 7) is 7.87. The second-order valence-electron chi connectivity index (χ2n) is 11.7. The van der Waals surface area contributed by atoms with Gasteiger partial charge >= 0.3 is 6.03 Å². The minimum absolute atomic E-state index is 0.0353. The zero-order chi connectivity index (χ0) is 29.9. The summed E-state index contributed by atoms with van der Waals surface area (Å²) in [7, 11) is 3.86. The number of urea groups is 1. The molecular formula is C29H38F3N5O3Si. The van der Waals surface area contributed by atoms with Gasteiger partial charge in [0.1, 0.15) is 24.1 Å². The van der Waals surface area contributed by atoms with Crippen LogP contribution in [0.15, 0.2) is 36.5 Å². The van der Waals surface area contributed by atoms with E-state index >= 15 is 8.78 Å². The average Bonchev–Trinajstić information content (AvgIpc) is 3.47. The summed E-state index contributed by atoms with van der Waals surface area (Å²) in [5.74, 6) is -1.48. The van der Waals surface area contributed by atoms with Gasteiger partial charge in [0.15, 0.2) is 0 Å². The van der Waals surface area contributed by atoms with Crippen LogP contribution in [0.2, 0.25) is 25.7 Å². The van der Waals surface area contributed by atoms with Gasteiger partial charge in [-0.1, -0.05) is 19.6 Å². The van der Waals surface area contributed by atoms with E-state index in [4.69, 9.17) is 9.47 Å². The summed E-state index contributed by atoms with van der Waals surface area (Å²) >= 11 is 0. The number of carbonyl (C=O) groups is 1. The number of methoxy groups -OCH3 is 1. The highest BCUT2D eigenvalue weighted by molar-refractivity contribution is 6.76. The van der Waals surface area contributed by atoms with Crippen LogP contribution in [0.25, 0.3) is 11.1 Å². The first-order valence-electron chi connectivity index (χ1n) is 13.6. The second-order valence-corrected chi connectivity index (χ2v) is 17.4. The molecule has 3 aromatic rings. The van der Waals surface area contributed by atoms with Crippen LogP contribution in [-0.4, -0.2) is 69.7 Å². The Hall–Kier alpha value is -3.35. The van der Waals surface area contributed by atoms with Crippen LogP contribution in [0.5, 0.6) is 5.75 Å². The third-order valence-corrected chi connectivity index (χ3v) is 8.67.